The lowest BCUT2D eigenvalue weighted by Crippen LogP contribution is -2.30. The van der Waals surface area contributed by atoms with E-state index in [4.69, 9.17) is 14.2 Å². The normalized spacial score (nSPS) is 12.5. The van der Waals surface area contributed by atoms with Crippen LogP contribution in [0.4, 0.5) is 0 Å². The number of rotatable bonds is 51. The van der Waals surface area contributed by atoms with Gasteiger partial charge in [0.2, 0.25) is 0 Å². The van der Waals surface area contributed by atoms with Gasteiger partial charge >= 0.3 is 17.9 Å². The third-order valence-corrected chi connectivity index (χ3v) is 13.3. The van der Waals surface area contributed by atoms with Gasteiger partial charge in [-0.05, 0) is 31.1 Å². The molecule has 0 heterocycles. The Labute approximate surface area is 393 Å². The number of hydrogen-bond acceptors (Lipinski definition) is 6. The first-order valence-electron chi connectivity index (χ1n) is 28.3. The molecule has 0 amide bonds. The van der Waals surface area contributed by atoms with Gasteiger partial charge in [-0.15, -0.1) is 0 Å². The SMILES string of the molecule is CCCCCCCCCCCCCCCCCCCCCC(=O)OC[C@@H](COC(=O)CCCCCCCCCCC(C)CC)OC(=O)CCCCCCCCCCCCCC(C)C. The van der Waals surface area contributed by atoms with Crippen molar-refractivity contribution in [1.82, 2.24) is 0 Å². The monoisotopic (exact) mass is 891 g/mol. The van der Waals surface area contributed by atoms with Crippen molar-refractivity contribution in [3.63, 3.8) is 0 Å². The van der Waals surface area contributed by atoms with E-state index in [1.54, 1.807) is 0 Å². The Morgan fingerprint density at radius 2 is 0.603 bits per heavy atom. The van der Waals surface area contributed by atoms with Crippen LogP contribution in [0.2, 0.25) is 0 Å². The minimum Gasteiger partial charge on any atom is -0.462 e. The molecule has 6 nitrogen and oxygen atoms in total. The van der Waals surface area contributed by atoms with Crippen LogP contribution in [0.3, 0.4) is 0 Å². The topological polar surface area (TPSA) is 78.9 Å². The summed E-state index contributed by atoms with van der Waals surface area (Å²) in [4.78, 5) is 38.1. The zero-order valence-electron chi connectivity index (χ0n) is 43.2. The van der Waals surface area contributed by atoms with Gasteiger partial charge < -0.3 is 14.2 Å². The third kappa shape index (κ3) is 49.7. The average molecular weight is 892 g/mol. The molecule has 0 aromatic carbocycles. The number of ether oxygens (including phenoxy) is 3. The van der Waals surface area contributed by atoms with Crippen LogP contribution in [0, 0.1) is 11.8 Å². The van der Waals surface area contributed by atoms with Gasteiger partial charge in [-0.1, -0.05) is 279 Å². The summed E-state index contributed by atoms with van der Waals surface area (Å²) in [6.45, 7) is 11.4. The van der Waals surface area contributed by atoms with E-state index in [1.165, 1.54) is 205 Å². The van der Waals surface area contributed by atoms with Crippen molar-refractivity contribution in [3.8, 4) is 0 Å². The molecule has 1 unspecified atom stereocenters. The highest BCUT2D eigenvalue weighted by Gasteiger charge is 2.19. The van der Waals surface area contributed by atoms with Crippen LogP contribution in [0.5, 0.6) is 0 Å². The molecular formula is C57H110O6. The van der Waals surface area contributed by atoms with E-state index in [0.717, 1.165) is 69.6 Å². The smallest absolute Gasteiger partial charge is 0.306 e. The molecule has 0 saturated heterocycles. The average Bonchev–Trinajstić information content (AvgIpc) is 3.27. The molecule has 0 radical (unpaired) electrons. The molecule has 2 atom stereocenters. The van der Waals surface area contributed by atoms with Gasteiger partial charge in [-0.2, -0.15) is 0 Å². The maximum Gasteiger partial charge on any atom is 0.306 e. The van der Waals surface area contributed by atoms with Crippen LogP contribution in [0.1, 0.15) is 317 Å². The van der Waals surface area contributed by atoms with Crippen molar-refractivity contribution < 1.29 is 28.6 Å². The molecule has 0 aliphatic heterocycles. The van der Waals surface area contributed by atoms with Crippen molar-refractivity contribution in [3.05, 3.63) is 0 Å². The summed E-state index contributed by atoms with van der Waals surface area (Å²) < 4.78 is 16.9. The van der Waals surface area contributed by atoms with Gasteiger partial charge in [-0.3, -0.25) is 14.4 Å². The maximum absolute atomic E-state index is 12.8. The molecule has 0 saturated carbocycles. The van der Waals surface area contributed by atoms with E-state index in [1.807, 2.05) is 0 Å². The van der Waals surface area contributed by atoms with Crippen molar-refractivity contribution in [1.29, 1.82) is 0 Å². The third-order valence-electron chi connectivity index (χ3n) is 13.3. The molecule has 6 heteroatoms. The Balaban J connectivity index is 4.27. The van der Waals surface area contributed by atoms with Crippen molar-refractivity contribution in [2.45, 2.75) is 323 Å². The second-order valence-corrected chi connectivity index (χ2v) is 20.3. The number of carbonyl (C=O) groups excluding carboxylic acids is 3. The predicted molar refractivity (Wildman–Crippen MR) is 270 cm³/mol. The quantitative estimate of drug-likeness (QED) is 0.0344. The van der Waals surface area contributed by atoms with Crippen LogP contribution in [0.15, 0.2) is 0 Å². The minimum atomic E-state index is -0.763. The predicted octanol–water partition coefficient (Wildman–Crippen LogP) is 18.5. The Bertz CT molecular complexity index is 964. The molecule has 0 aromatic heterocycles. The second kappa shape index (κ2) is 49.8. The lowest BCUT2D eigenvalue weighted by Gasteiger charge is -2.18. The Hall–Kier alpha value is -1.59. The lowest BCUT2D eigenvalue weighted by atomic mass is 9.99. The molecule has 0 fully saturated rings. The highest BCUT2D eigenvalue weighted by atomic mass is 16.6. The number of unbranched alkanes of at least 4 members (excludes halogenated alkanes) is 35. The summed E-state index contributed by atoms with van der Waals surface area (Å²) in [6.07, 6.45) is 52.3. The molecule has 0 N–H and O–H groups in total. The van der Waals surface area contributed by atoms with Crippen LogP contribution in [0.25, 0.3) is 0 Å². The second-order valence-electron chi connectivity index (χ2n) is 20.3. The van der Waals surface area contributed by atoms with E-state index < -0.39 is 6.10 Å². The summed E-state index contributed by atoms with van der Waals surface area (Å²) in [6, 6.07) is 0. The van der Waals surface area contributed by atoms with E-state index in [9.17, 15) is 14.4 Å². The Kier molecular flexibility index (Phi) is 48.6. The minimum absolute atomic E-state index is 0.0634. The van der Waals surface area contributed by atoms with E-state index in [2.05, 4.69) is 34.6 Å². The van der Waals surface area contributed by atoms with Crippen molar-refractivity contribution in [2.75, 3.05) is 13.2 Å². The van der Waals surface area contributed by atoms with Crippen LogP contribution in [-0.2, 0) is 28.6 Å². The van der Waals surface area contributed by atoms with Gasteiger partial charge in [0, 0.05) is 19.3 Å². The van der Waals surface area contributed by atoms with Crippen LogP contribution < -0.4 is 0 Å². The number of hydrogen-bond donors (Lipinski definition) is 0. The van der Waals surface area contributed by atoms with Crippen LogP contribution >= 0.6 is 0 Å². The zero-order chi connectivity index (χ0) is 46.1. The first-order valence-corrected chi connectivity index (χ1v) is 28.3. The van der Waals surface area contributed by atoms with Crippen LogP contribution in [-0.4, -0.2) is 37.2 Å². The highest BCUT2D eigenvalue weighted by Crippen LogP contribution is 2.18. The van der Waals surface area contributed by atoms with E-state index in [0.29, 0.717) is 19.3 Å². The molecule has 0 aliphatic rings. The number of carbonyl (C=O) groups is 3. The van der Waals surface area contributed by atoms with Gasteiger partial charge in [0.05, 0.1) is 0 Å². The number of esters is 3. The van der Waals surface area contributed by atoms with Gasteiger partial charge in [0.15, 0.2) is 6.10 Å². The summed E-state index contributed by atoms with van der Waals surface area (Å²) in [7, 11) is 0. The summed E-state index contributed by atoms with van der Waals surface area (Å²) in [5.41, 5.74) is 0. The van der Waals surface area contributed by atoms with E-state index >= 15 is 0 Å². The van der Waals surface area contributed by atoms with Gasteiger partial charge in [-0.25, -0.2) is 0 Å². The fourth-order valence-corrected chi connectivity index (χ4v) is 8.66. The first-order chi connectivity index (χ1) is 30.8. The standard InChI is InChI=1S/C57H110O6/c1-6-8-9-10-11-12-13-14-15-16-17-18-19-20-23-26-32-37-42-47-55(58)61-50-54(51-62-56(59)48-43-38-33-29-28-31-36-41-46-53(5)7-2)63-57(60)49-44-39-34-27-24-21-22-25-30-35-40-45-52(3)4/h52-54H,6-51H2,1-5H3/t53?,54-/m0/s1. The molecule has 0 aliphatic carbocycles. The highest BCUT2D eigenvalue weighted by molar-refractivity contribution is 5.71. The molecule has 63 heavy (non-hydrogen) atoms. The molecular weight excluding hydrogens is 781 g/mol. The van der Waals surface area contributed by atoms with Crippen molar-refractivity contribution >= 4 is 17.9 Å². The summed E-state index contributed by atoms with van der Waals surface area (Å²) in [5, 5.41) is 0. The Morgan fingerprint density at radius 3 is 0.905 bits per heavy atom. The molecule has 0 bridgehead atoms. The fourth-order valence-electron chi connectivity index (χ4n) is 8.66. The largest absolute Gasteiger partial charge is 0.462 e. The molecule has 0 spiro atoms. The molecule has 0 rings (SSSR count). The van der Waals surface area contributed by atoms with Gasteiger partial charge in [0.1, 0.15) is 13.2 Å². The summed E-state index contributed by atoms with van der Waals surface area (Å²) >= 11 is 0. The van der Waals surface area contributed by atoms with Crippen molar-refractivity contribution in [2.24, 2.45) is 11.8 Å². The first kappa shape index (κ1) is 61.4. The zero-order valence-corrected chi connectivity index (χ0v) is 43.2. The fraction of sp³-hybridized carbons (Fsp3) is 0.947. The molecule has 0 aromatic rings. The van der Waals surface area contributed by atoms with Gasteiger partial charge in [0.25, 0.3) is 0 Å². The lowest BCUT2D eigenvalue weighted by molar-refractivity contribution is -0.167. The Morgan fingerprint density at radius 1 is 0.333 bits per heavy atom. The summed E-state index contributed by atoms with van der Waals surface area (Å²) in [5.74, 6) is 0.828. The van der Waals surface area contributed by atoms with E-state index in [-0.39, 0.29) is 31.1 Å². The maximum atomic E-state index is 12.8. The molecule has 374 valence electrons.